The molecular formula is C27H34N4O3. The molecule has 0 saturated carbocycles. The highest BCUT2D eigenvalue weighted by Crippen LogP contribution is 2.24. The van der Waals surface area contributed by atoms with Crippen molar-refractivity contribution >= 4 is 16.8 Å². The number of amides is 1. The summed E-state index contributed by atoms with van der Waals surface area (Å²) in [5, 5.41) is 0.604. The van der Waals surface area contributed by atoms with Crippen LogP contribution in [0.3, 0.4) is 0 Å². The van der Waals surface area contributed by atoms with Crippen LogP contribution in [0.5, 0.6) is 5.75 Å². The number of benzene rings is 2. The highest BCUT2D eigenvalue weighted by molar-refractivity contribution is 5.77. The molecule has 34 heavy (non-hydrogen) atoms. The quantitative estimate of drug-likeness (QED) is 0.542. The van der Waals surface area contributed by atoms with Crippen LogP contribution in [0.2, 0.25) is 0 Å². The summed E-state index contributed by atoms with van der Waals surface area (Å²) in [7, 11) is 0. The van der Waals surface area contributed by atoms with Crippen molar-refractivity contribution < 1.29 is 9.53 Å². The lowest BCUT2D eigenvalue weighted by Gasteiger charge is -2.34. The van der Waals surface area contributed by atoms with Crippen molar-refractivity contribution in [1.29, 1.82) is 0 Å². The number of hydrogen-bond donors (Lipinski definition) is 1. The van der Waals surface area contributed by atoms with Gasteiger partial charge in [-0.2, -0.15) is 0 Å². The summed E-state index contributed by atoms with van der Waals surface area (Å²) in [4.78, 5) is 36.5. The molecule has 1 N–H and O–H groups in total. The zero-order valence-electron chi connectivity index (χ0n) is 20.3. The Kier molecular flexibility index (Phi) is 7.32. The molecule has 2 heterocycles. The molecule has 0 spiro atoms. The Labute approximate surface area is 200 Å². The van der Waals surface area contributed by atoms with Gasteiger partial charge < -0.3 is 14.6 Å². The third-order valence-electron chi connectivity index (χ3n) is 6.28. The molecule has 7 heteroatoms. The van der Waals surface area contributed by atoms with E-state index >= 15 is 0 Å². The molecule has 7 nitrogen and oxygen atoms in total. The first-order valence-electron chi connectivity index (χ1n) is 12.0. The third kappa shape index (κ3) is 6.03. The summed E-state index contributed by atoms with van der Waals surface area (Å²) in [6.07, 6.45) is 1.18. The van der Waals surface area contributed by atoms with Gasteiger partial charge in [0.1, 0.15) is 11.6 Å². The zero-order chi connectivity index (χ0) is 24.1. The van der Waals surface area contributed by atoms with Gasteiger partial charge in [0.15, 0.2) is 0 Å². The summed E-state index contributed by atoms with van der Waals surface area (Å²) in [5.41, 5.74) is 2.00. The number of nitrogens with one attached hydrogen (secondary N) is 1. The fourth-order valence-electron chi connectivity index (χ4n) is 4.20. The van der Waals surface area contributed by atoms with Crippen molar-refractivity contribution in [2.75, 3.05) is 32.8 Å². The molecule has 0 aliphatic carbocycles. The number of nitrogens with zero attached hydrogens (tertiary/aromatic N) is 3. The van der Waals surface area contributed by atoms with E-state index in [4.69, 9.17) is 4.74 Å². The molecule has 2 aromatic carbocycles. The summed E-state index contributed by atoms with van der Waals surface area (Å²) >= 11 is 0. The number of piperazine rings is 1. The van der Waals surface area contributed by atoms with E-state index in [1.165, 1.54) is 5.56 Å². The van der Waals surface area contributed by atoms with Gasteiger partial charge in [-0.1, -0.05) is 45.0 Å². The minimum atomic E-state index is -0.109. The Morgan fingerprint density at radius 3 is 2.44 bits per heavy atom. The fraction of sp³-hybridized carbons (Fsp3) is 0.444. The standard InChI is InChI=1S/C27H34N4O3/c1-27(2,3)20-10-12-21(13-11-20)34-18-6-9-25(32)31-16-14-30(15-17-31)19-24-28-23-8-5-4-7-22(23)26(33)29-24/h4-5,7-8,10-13H,6,9,14-19H2,1-3H3,(H,28,29,33). The van der Waals surface area contributed by atoms with E-state index in [9.17, 15) is 9.59 Å². The highest BCUT2D eigenvalue weighted by Gasteiger charge is 2.21. The third-order valence-corrected chi connectivity index (χ3v) is 6.28. The number of hydrogen-bond acceptors (Lipinski definition) is 5. The number of rotatable bonds is 7. The number of fused-ring (bicyclic) bond motifs is 1. The molecule has 3 aromatic rings. The van der Waals surface area contributed by atoms with E-state index in [0.29, 0.717) is 55.8 Å². The van der Waals surface area contributed by atoms with Crippen LogP contribution >= 0.6 is 0 Å². The van der Waals surface area contributed by atoms with Crippen LogP contribution in [0, 0.1) is 0 Å². The lowest BCUT2D eigenvalue weighted by Crippen LogP contribution is -2.48. The lowest BCUT2D eigenvalue weighted by molar-refractivity contribution is -0.133. The molecule has 1 aliphatic rings. The molecule has 4 rings (SSSR count). The Hall–Kier alpha value is -3.19. The molecular weight excluding hydrogens is 428 g/mol. The van der Waals surface area contributed by atoms with Gasteiger partial charge in [-0.3, -0.25) is 14.5 Å². The first kappa shape index (κ1) is 24.0. The SMILES string of the molecule is CC(C)(C)c1ccc(OCCCC(=O)N2CCN(Cc3nc4ccccc4c(=O)[nH]3)CC2)cc1. The molecule has 0 atom stereocenters. The number of para-hydroxylation sites is 1. The monoisotopic (exact) mass is 462 g/mol. The predicted molar refractivity (Wildman–Crippen MR) is 134 cm³/mol. The van der Waals surface area contributed by atoms with Crippen molar-refractivity contribution in [2.24, 2.45) is 0 Å². The van der Waals surface area contributed by atoms with Crippen LogP contribution in [0.25, 0.3) is 10.9 Å². The van der Waals surface area contributed by atoms with Crippen LogP contribution in [-0.2, 0) is 16.8 Å². The van der Waals surface area contributed by atoms with E-state index in [1.807, 2.05) is 35.2 Å². The second kappa shape index (κ2) is 10.4. The second-order valence-corrected chi connectivity index (χ2v) is 9.91. The Bertz CT molecular complexity index is 1170. The van der Waals surface area contributed by atoms with Crippen LogP contribution < -0.4 is 10.3 Å². The van der Waals surface area contributed by atoms with Gasteiger partial charge in [-0.25, -0.2) is 4.98 Å². The van der Waals surface area contributed by atoms with Gasteiger partial charge in [0.2, 0.25) is 5.91 Å². The fourth-order valence-corrected chi connectivity index (χ4v) is 4.20. The molecule has 0 bridgehead atoms. The smallest absolute Gasteiger partial charge is 0.258 e. The summed E-state index contributed by atoms with van der Waals surface area (Å²) < 4.78 is 5.82. The Morgan fingerprint density at radius 2 is 1.74 bits per heavy atom. The topological polar surface area (TPSA) is 78.5 Å². The minimum absolute atomic E-state index is 0.109. The number of carbonyl (C=O) groups is 1. The summed E-state index contributed by atoms with van der Waals surface area (Å²) in [6, 6.07) is 15.6. The van der Waals surface area contributed by atoms with Gasteiger partial charge in [0.25, 0.3) is 5.56 Å². The first-order chi connectivity index (χ1) is 16.3. The molecule has 1 amide bonds. The largest absolute Gasteiger partial charge is 0.494 e. The Morgan fingerprint density at radius 1 is 1.03 bits per heavy atom. The zero-order valence-corrected chi connectivity index (χ0v) is 20.3. The molecule has 1 aromatic heterocycles. The molecule has 1 fully saturated rings. The average molecular weight is 463 g/mol. The molecule has 0 radical (unpaired) electrons. The maximum atomic E-state index is 12.6. The number of carbonyl (C=O) groups excluding carboxylic acids is 1. The van der Waals surface area contributed by atoms with E-state index in [0.717, 1.165) is 18.8 Å². The van der Waals surface area contributed by atoms with Crippen molar-refractivity contribution in [1.82, 2.24) is 19.8 Å². The molecule has 1 aliphatic heterocycles. The van der Waals surface area contributed by atoms with Gasteiger partial charge in [-0.05, 0) is 41.7 Å². The Balaban J connectivity index is 1.18. The second-order valence-electron chi connectivity index (χ2n) is 9.91. The summed E-state index contributed by atoms with van der Waals surface area (Å²) in [5.74, 6) is 1.68. The van der Waals surface area contributed by atoms with Gasteiger partial charge in [0, 0.05) is 32.6 Å². The minimum Gasteiger partial charge on any atom is -0.494 e. The lowest BCUT2D eigenvalue weighted by atomic mass is 9.87. The van der Waals surface area contributed by atoms with Crippen molar-refractivity contribution in [2.45, 2.75) is 45.6 Å². The maximum absolute atomic E-state index is 12.6. The molecule has 180 valence electrons. The van der Waals surface area contributed by atoms with Crippen LogP contribution in [0.1, 0.15) is 45.0 Å². The van der Waals surface area contributed by atoms with E-state index < -0.39 is 0 Å². The van der Waals surface area contributed by atoms with Gasteiger partial charge >= 0.3 is 0 Å². The number of aromatic amines is 1. The number of aromatic nitrogens is 2. The van der Waals surface area contributed by atoms with E-state index in [-0.39, 0.29) is 16.9 Å². The van der Waals surface area contributed by atoms with Gasteiger partial charge in [-0.15, -0.1) is 0 Å². The van der Waals surface area contributed by atoms with Crippen LogP contribution in [-0.4, -0.2) is 58.5 Å². The van der Waals surface area contributed by atoms with Crippen molar-refractivity contribution in [3.63, 3.8) is 0 Å². The van der Waals surface area contributed by atoms with E-state index in [2.05, 4.69) is 47.8 Å². The van der Waals surface area contributed by atoms with Gasteiger partial charge in [0.05, 0.1) is 24.1 Å². The highest BCUT2D eigenvalue weighted by atomic mass is 16.5. The number of ether oxygens (including phenoxy) is 1. The van der Waals surface area contributed by atoms with Crippen molar-refractivity contribution in [3.8, 4) is 5.75 Å². The summed E-state index contributed by atoms with van der Waals surface area (Å²) in [6.45, 7) is 10.6. The maximum Gasteiger partial charge on any atom is 0.258 e. The number of H-pyrrole nitrogens is 1. The van der Waals surface area contributed by atoms with Crippen LogP contribution in [0.4, 0.5) is 0 Å². The van der Waals surface area contributed by atoms with E-state index in [1.54, 1.807) is 6.07 Å². The van der Waals surface area contributed by atoms with Crippen LogP contribution in [0.15, 0.2) is 53.3 Å². The molecule has 0 unspecified atom stereocenters. The predicted octanol–water partition coefficient (Wildman–Crippen LogP) is 3.72. The molecule has 1 saturated heterocycles. The average Bonchev–Trinajstić information content (AvgIpc) is 2.82. The normalized spacial score (nSPS) is 15.0. The first-order valence-corrected chi connectivity index (χ1v) is 12.0. The van der Waals surface area contributed by atoms with Crippen molar-refractivity contribution in [3.05, 3.63) is 70.3 Å².